The second kappa shape index (κ2) is 5.48. The minimum absolute atomic E-state index is 0.169. The molecular weight excluding hydrogens is 342 g/mol. The van der Waals surface area contributed by atoms with Crippen LogP contribution in [-0.4, -0.2) is 33.3 Å². The predicted molar refractivity (Wildman–Crippen MR) is 101 cm³/mol. The van der Waals surface area contributed by atoms with E-state index in [9.17, 15) is 14.7 Å². The Kier molecular flexibility index (Phi) is 3.18. The van der Waals surface area contributed by atoms with E-state index in [1.807, 2.05) is 36.5 Å². The van der Waals surface area contributed by atoms with Gasteiger partial charge in [0, 0.05) is 41.3 Å². The van der Waals surface area contributed by atoms with Gasteiger partial charge in [-0.3, -0.25) is 14.5 Å². The number of aromatic nitrogens is 1. The van der Waals surface area contributed by atoms with Crippen LogP contribution in [-0.2, 0) is 9.59 Å². The number of hydrogen-bond acceptors (Lipinski definition) is 4. The maximum atomic E-state index is 13.1. The highest BCUT2D eigenvalue weighted by Gasteiger charge is 2.41. The average Bonchev–Trinajstić information content (AvgIpc) is 3.16. The summed E-state index contributed by atoms with van der Waals surface area (Å²) in [6, 6.07) is 12.8. The zero-order valence-corrected chi connectivity index (χ0v) is 14.6. The number of anilines is 1. The molecule has 6 heteroatoms. The van der Waals surface area contributed by atoms with Crippen molar-refractivity contribution in [1.82, 2.24) is 9.88 Å². The van der Waals surface area contributed by atoms with Gasteiger partial charge < -0.3 is 15.4 Å². The number of carbonyl (C=O) groups excluding carboxylic acids is 2. The number of H-pyrrole nitrogens is 1. The Hall–Kier alpha value is -3.54. The van der Waals surface area contributed by atoms with Gasteiger partial charge in [0.1, 0.15) is 5.75 Å². The normalized spacial score (nSPS) is 18.5. The predicted octanol–water partition coefficient (Wildman–Crippen LogP) is 3.07. The topological polar surface area (TPSA) is 85.4 Å². The van der Waals surface area contributed by atoms with Crippen LogP contribution in [0.3, 0.4) is 0 Å². The molecule has 0 saturated heterocycles. The number of phenolic OH excluding ortho intramolecular Hbond substituents is 1. The summed E-state index contributed by atoms with van der Waals surface area (Å²) in [6.07, 6.45) is 1.92. The highest BCUT2D eigenvalue weighted by molar-refractivity contribution is 6.11. The summed E-state index contributed by atoms with van der Waals surface area (Å²) in [6.45, 7) is 1.64. The van der Waals surface area contributed by atoms with Crippen molar-refractivity contribution in [2.24, 2.45) is 0 Å². The SMILES string of the molecule is CC(=O)N1CC2=C(C1=O)C(c1ccc(O)cc1)c1c[nH]c3cccc(c13)N2. The summed E-state index contributed by atoms with van der Waals surface area (Å²) in [7, 11) is 0. The lowest BCUT2D eigenvalue weighted by atomic mass is 9.84. The molecule has 0 spiro atoms. The summed E-state index contributed by atoms with van der Waals surface area (Å²) in [5, 5.41) is 14.1. The minimum Gasteiger partial charge on any atom is -0.508 e. The van der Waals surface area contributed by atoms with Crippen molar-refractivity contribution in [1.29, 1.82) is 0 Å². The van der Waals surface area contributed by atoms with E-state index in [0.717, 1.165) is 33.4 Å². The minimum atomic E-state index is -0.331. The summed E-state index contributed by atoms with van der Waals surface area (Å²) in [5.74, 6) is -0.707. The number of phenols is 1. The maximum Gasteiger partial charge on any atom is 0.259 e. The molecule has 5 rings (SSSR count). The van der Waals surface area contributed by atoms with Crippen molar-refractivity contribution in [3.63, 3.8) is 0 Å². The summed E-state index contributed by atoms with van der Waals surface area (Å²) in [5.41, 5.74) is 5.08. The first-order chi connectivity index (χ1) is 13.0. The molecule has 2 aromatic carbocycles. The van der Waals surface area contributed by atoms with Crippen molar-refractivity contribution < 1.29 is 14.7 Å². The number of aromatic amines is 1. The van der Waals surface area contributed by atoms with Crippen molar-refractivity contribution in [3.05, 3.63) is 71.1 Å². The highest BCUT2D eigenvalue weighted by atomic mass is 16.3. The number of rotatable bonds is 1. The van der Waals surface area contributed by atoms with E-state index < -0.39 is 0 Å². The molecule has 2 amide bonds. The Labute approximate surface area is 155 Å². The van der Waals surface area contributed by atoms with Gasteiger partial charge in [0.05, 0.1) is 12.1 Å². The molecule has 2 aliphatic rings. The van der Waals surface area contributed by atoms with E-state index in [-0.39, 0.29) is 30.0 Å². The van der Waals surface area contributed by atoms with E-state index in [1.165, 1.54) is 11.8 Å². The van der Waals surface area contributed by atoms with Crippen LogP contribution in [0.4, 0.5) is 5.69 Å². The van der Waals surface area contributed by atoms with Crippen LogP contribution >= 0.6 is 0 Å². The number of nitrogens with zero attached hydrogens (tertiary/aromatic N) is 1. The lowest BCUT2D eigenvalue weighted by Gasteiger charge is -2.19. The molecule has 3 N–H and O–H groups in total. The van der Waals surface area contributed by atoms with Crippen molar-refractivity contribution in [2.45, 2.75) is 12.8 Å². The van der Waals surface area contributed by atoms with E-state index in [2.05, 4.69) is 10.3 Å². The first kappa shape index (κ1) is 15.7. The molecule has 2 aliphatic heterocycles. The number of hydrogen-bond donors (Lipinski definition) is 3. The fourth-order valence-corrected chi connectivity index (χ4v) is 4.12. The number of benzene rings is 2. The number of nitrogens with one attached hydrogen (secondary N) is 2. The molecule has 0 saturated carbocycles. The van der Waals surface area contributed by atoms with Crippen LogP contribution in [0.15, 0.2) is 59.9 Å². The second-order valence-corrected chi connectivity index (χ2v) is 6.92. The van der Waals surface area contributed by atoms with E-state index in [0.29, 0.717) is 5.57 Å². The zero-order valence-electron chi connectivity index (χ0n) is 14.6. The molecule has 3 aromatic rings. The molecule has 27 heavy (non-hydrogen) atoms. The van der Waals surface area contributed by atoms with Crippen LogP contribution in [0.1, 0.15) is 24.0 Å². The number of aromatic hydroxyl groups is 1. The molecule has 134 valence electrons. The Bertz CT molecular complexity index is 1140. The Balaban J connectivity index is 1.79. The van der Waals surface area contributed by atoms with Crippen molar-refractivity contribution >= 4 is 28.4 Å². The van der Waals surface area contributed by atoms with Gasteiger partial charge in [-0.1, -0.05) is 18.2 Å². The third-order valence-electron chi connectivity index (χ3n) is 5.34. The molecule has 6 nitrogen and oxygen atoms in total. The molecular formula is C21H17N3O3. The van der Waals surface area contributed by atoms with E-state index in [1.54, 1.807) is 12.1 Å². The standard InChI is InChI=1S/C21H17N3O3/c1-11(25)24-10-17-20(21(24)27)18(12-5-7-13(26)8-6-12)14-9-22-15-3-2-4-16(23-17)19(14)15/h2-9,18,22-23,26H,10H2,1H3. The largest absolute Gasteiger partial charge is 0.508 e. The first-order valence-corrected chi connectivity index (χ1v) is 8.76. The fourth-order valence-electron chi connectivity index (χ4n) is 4.12. The lowest BCUT2D eigenvalue weighted by Crippen LogP contribution is -2.33. The molecule has 0 aliphatic carbocycles. The molecule has 1 unspecified atom stereocenters. The summed E-state index contributed by atoms with van der Waals surface area (Å²) in [4.78, 5) is 29.6. The quantitative estimate of drug-likeness (QED) is 0.623. The van der Waals surface area contributed by atoms with Crippen LogP contribution in [0.5, 0.6) is 5.75 Å². The third-order valence-corrected chi connectivity index (χ3v) is 5.34. The van der Waals surface area contributed by atoms with Crippen LogP contribution in [0.2, 0.25) is 0 Å². The van der Waals surface area contributed by atoms with Gasteiger partial charge in [-0.15, -0.1) is 0 Å². The van der Waals surface area contributed by atoms with Crippen molar-refractivity contribution in [3.8, 4) is 5.75 Å². The number of imide groups is 1. The smallest absolute Gasteiger partial charge is 0.259 e. The van der Waals surface area contributed by atoms with Gasteiger partial charge >= 0.3 is 0 Å². The Morgan fingerprint density at radius 3 is 2.70 bits per heavy atom. The monoisotopic (exact) mass is 359 g/mol. The number of carbonyl (C=O) groups is 2. The number of amides is 2. The van der Waals surface area contributed by atoms with Crippen molar-refractivity contribution in [2.75, 3.05) is 11.9 Å². The molecule has 0 bridgehead atoms. The van der Waals surface area contributed by atoms with E-state index in [4.69, 9.17) is 0 Å². The van der Waals surface area contributed by atoms with Gasteiger partial charge in [0.15, 0.2) is 0 Å². The molecule has 0 fully saturated rings. The lowest BCUT2D eigenvalue weighted by molar-refractivity contribution is -0.139. The van der Waals surface area contributed by atoms with Crippen LogP contribution in [0, 0.1) is 0 Å². The molecule has 1 aromatic heterocycles. The second-order valence-electron chi connectivity index (χ2n) is 6.92. The van der Waals surface area contributed by atoms with Crippen LogP contribution in [0.25, 0.3) is 10.9 Å². The van der Waals surface area contributed by atoms with Gasteiger partial charge in [0.2, 0.25) is 5.91 Å². The van der Waals surface area contributed by atoms with Gasteiger partial charge in [0.25, 0.3) is 5.91 Å². The van der Waals surface area contributed by atoms with Crippen LogP contribution < -0.4 is 5.32 Å². The van der Waals surface area contributed by atoms with E-state index >= 15 is 0 Å². The Morgan fingerprint density at radius 1 is 1.19 bits per heavy atom. The van der Waals surface area contributed by atoms with Gasteiger partial charge in [-0.05, 0) is 35.4 Å². The zero-order chi connectivity index (χ0) is 18.7. The average molecular weight is 359 g/mol. The maximum absolute atomic E-state index is 13.1. The first-order valence-electron chi connectivity index (χ1n) is 8.76. The summed E-state index contributed by atoms with van der Waals surface area (Å²) < 4.78 is 0. The third kappa shape index (κ3) is 2.19. The Morgan fingerprint density at radius 2 is 1.96 bits per heavy atom. The van der Waals surface area contributed by atoms with Gasteiger partial charge in [-0.2, -0.15) is 0 Å². The fraction of sp³-hybridized carbons (Fsp3) is 0.143. The molecule has 0 radical (unpaired) electrons. The highest BCUT2D eigenvalue weighted by Crippen LogP contribution is 2.45. The van der Waals surface area contributed by atoms with Gasteiger partial charge in [-0.25, -0.2) is 0 Å². The summed E-state index contributed by atoms with van der Waals surface area (Å²) >= 11 is 0. The molecule has 1 atom stereocenters. The molecule has 3 heterocycles.